The average molecular weight is 467 g/mol. The number of nitrogens with one attached hydrogen (secondary N) is 1. The Balaban J connectivity index is 1.76. The van der Waals surface area contributed by atoms with Crippen LogP contribution in [0.25, 0.3) is 0 Å². The van der Waals surface area contributed by atoms with Gasteiger partial charge in [0.05, 0.1) is 13.2 Å². The molecule has 1 aromatic heterocycles. The molecule has 2 aromatic rings. The number of rotatable bonds is 6. The highest BCUT2D eigenvalue weighted by Crippen LogP contribution is 2.35. The zero-order chi connectivity index (χ0) is 24.3. The molecule has 0 bridgehead atoms. The van der Waals surface area contributed by atoms with Crippen LogP contribution in [0.3, 0.4) is 0 Å². The minimum absolute atomic E-state index is 0.0716. The third kappa shape index (κ3) is 4.45. The second-order valence-electron chi connectivity index (χ2n) is 9.35. The molecule has 0 radical (unpaired) electrons. The summed E-state index contributed by atoms with van der Waals surface area (Å²) in [5.41, 5.74) is 0.817. The van der Waals surface area contributed by atoms with Crippen molar-refractivity contribution in [2.75, 3.05) is 11.5 Å². The Kier molecular flexibility index (Phi) is 7.05. The highest BCUT2D eigenvalue weighted by Gasteiger charge is 2.50. The number of carbonyl (C=O) groups is 3. The number of ether oxygens (including phenoxy) is 1. The third-order valence-corrected chi connectivity index (χ3v) is 6.93. The van der Waals surface area contributed by atoms with Gasteiger partial charge in [0.1, 0.15) is 11.2 Å². The van der Waals surface area contributed by atoms with Gasteiger partial charge in [-0.2, -0.15) is 5.10 Å². The lowest BCUT2D eigenvalue weighted by molar-refractivity contribution is -0.127. The fourth-order valence-electron chi connectivity index (χ4n) is 5.06. The van der Waals surface area contributed by atoms with E-state index in [4.69, 9.17) is 4.74 Å². The zero-order valence-corrected chi connectivity index (χ0v) is 20.3. The van der Waals surface area contributed by atoms with Gasteiger partial charge >= 0.3 is 5.97 Å². The van der Waals surface area contributed by atoms with Gasteiger partial charge in [0.15, 0.2) is 5.69 Å². The molecule has 1 N–H and O–H groups in total. The van der Waals surface area contributed by atoms with E-state index in [1.807, 2.05) is 31.2 Å². The number of hydrogen-bond donors (Lipinski definition) is 1. The first-order chi connectivity index (χ1) is 16.4. The van der Waals surface area contributed by atoms with E-state index in [0.717, 1.165) is 31.2 Å². The Morgan fingerprint density at radius 2 is 1.85 bits per heavy atom. The molecule has 0 saturated heterocycles. The summed E-state index contributed by atoms with van der Waals surface area (Å²) in [7, 11) is 0. The van der Waals surface area contributed by atoms with Gasteiger partial charge in [-0.15, -0.1) is 0 Å². The highest BCUT2D eigenvalue weighted by molar-refractivity contribution is 6.12. The van der Waals surface area contributed by atoms with E-state index >= 15 is 0 Å². The number of hydrogen-bond acceptors (Lipinski definition) is 5. The maximum absolute atomic E-state index is 13.9. The van der Waals surface area contributed by atoms with Crippen LogP contribution in [0.1, 0.15) is 85.8 Å². The smallest absolute Gasteiger partial charge is 0.358 e. The lowest BCUT2D eigenvalue weighted by atomic mass is 9.92. The molecule has 2 aliphatic rings. The van der Waals surface area contributed by atoms with E-state index in [0.29, 0.717) is 12.1 Å². The Labute approximate surface area is 200 Å². The fraction of sp³-hybridized carbons (Fsp3) is 0.538. The van der Waals surface area contributed by atoms with Crippen LogP contribution in [-0.2, 0) is 22.5 Å². The lowest BCUT2D eigenvalue weighted by Gasteiger charge is -2.44. The first-order valence-corrected chi connectivity index (χ1v) is 12.4. The van der Waals surface area contributed by atoms with E-state index < -0.39 is 11.5 Å². The Bertz CT molecular complexity index is 1070. The van der Waals surface area contributed by atoms with Crippen molar-refractivity contribution in [3.05, 3.63) is 47.3 Å². The SMILES string of the molecule is CCOC(=O)c1cc2n(n1)CC(C)(C(=O)NC1CCCCCC1)N(c1ccccc1CC)C2=O. The zero-order valence-electron chi connectivity index (χ0n) is 20.3. The third-order valence-electron chi connectivity index (χ3n) is 6.93. The summed E-state index contributed by atoms with van der Waals surface area (Å²) in [5, 5.41) is 7.59. The summed E-state index contributed by atoms with van der Waals surface area (Å²) < 4.78 is 6.56. The molecular formula is C26H34N4O4. The molecule has 1 aliphatic carbocycles. The Morgan fingerprint density at radius 3 is 2.53 bits per heavy atom. The topological polar surface area (TPSA) is 93.5 Å². The standard InChI is InChI=1S/C26H34N4O4/c1-4-18-12-10-11-15-21(18)30-23(31)22-16-20(24(32)34-5-2)28-29(22)17-26(30,3)25(33)27-19-13-8-6-7-9-14-19/h10-12,15-16,19H,4-9,13-14,17H2,1-3H3,(H,27,33). The van der Waals surface area contributed by atoms with Crippen LogP contribution in [0.2, 0.25) is 0 Å². The number of amides is 2. The molecule has 1 atom stereocenters. The van der Waals surface area contributed by atoms with E-state index in [2.05, 4.69) is 10.4 Å². The predicted molar refractivity (Wildman–Crippen MR) is 129 cm³/mol. The highest BCUT2D eigenvalue weighted by atomic mass is 16.5. The molecule has 8 nitrogen and oxygen atoms in total. The number of para-hydroxylation sites is 1. The molecule has 2 amide bonds. The van der Waals surface area contributed by atoms with Crippen molar-refractivity contribution in [3.8, 4) is 0 Å². The summed E-state index contributed by atoms with van der Waals surface area (Å²) in [6.07, 6.45) is 7.16. The van der Waals surface area contributed by atoms with Gasteiger partial charge in [0.25, 0.3) is 5.91 Å². The van der Waals surface area contributed by atoms with Gasteiger partial charge in [0.2, 0.25) is 5.91 Å². The summed E-state index contributed by atoms with van der Waals surface area (Å²) in [4.78, 5) is 41.6. The van der Waals surface area contributed by atoms with Crippen LogP contribution >= 0.6 is 0 Å². The fourth-order valence-corrected chi connectivity index (χ4v) is 5.06. The molecule has 1 saturated carbocycles. The second kappa shape index (κ2) is 9.99. The van der Waals surface area contributed by atoms with E-state index in [1.54, 1.807) is 18.7 Å². The van der Waals surface area contributed by atoms with Gasteiger partial charge in [-0.3, -0.25) is 19.2 Å². The minimum Gasteiger partial charge on any atom is -0.461 e. The van der Waals surface area contributed by atoms with Gasteiger partial charge in [-0.1, -0.05) is 50.8 Å². The van der Waals surface area contributed by atoms with Gasteiger partial charge in [-0.25, -0.2) is 4.79 Å². The number of nitrogens with zero attached hydrogens (tertiary/aromatic N) is 3. The van der Waals surface area contributed by atoms with Gasteiger partial charge < -0.3 is 10.1 Å². The van der Waals surface area contributed by atoms with E-state index in [-0.39, 0.29) is 42.4 Å². The number of carbonyl (C=O) groups excluding carboxylic acids is 3. The first kappa shape index (κ1) is 24.0. The van der Waals surface area contributed by atoms with Gasteiger partial charge in [-0.05, 0) is 44.7 Å². The molecule has 1 fully saturated rings. The molecule has 4 rings (SSSR count). The maximum Gasteiger partial charge on any atom is 0.358 e. The van der Waals surface area contributed by atoms with Crippen LogP contribution in [0.15, 0.2) is 30.3 Å². The summed E-state index contributed by atoms with van der Waals surface area (Å²) >= 11 is 0. The molecule has 0 spiro atoms. The summed E-state index contributed by atoms with van der Waals surface area (Å²) in [6, 6.07) is 9.22. The molecule has 1 aliphatic heterocycles. The summed E-state index contributed by atoms with van der Waals surface area (Å²) in [5.74, 6) is -1.13. The first-order valence-electron chi connectivity index (χ1n) is 12.4. The van der Waals surface area contributed by atoms with Crippen molar-refractivity contribution in [3.63, 3.8) is 0 Å². The quantitative estimate of drug-likeness (QED) is 0.515. The number of anilines is 1. The van der Waals surface area contributed by atoms with Crippen molar-refractivity contribution in [2.24, 2.45) is 0 Å². The van der Waals surface area contributed by atoms with Crippen LogP contribution in [0.5, 0.6) is 0 Å². The molecule has 1 unspecified atom stereocenters. The van der Waals surface area contributed by atoms with E-state index in [1.165, 1.54) is 23.6 Å². The lowest BCUT2D eigenvalue weighted by Crippen LogP contribution is -2.65. The van der Waals surface area contributed by atoms with Crippen LogP contribution < -0.4 is 10.2 Å². The monoisotopic (exact) mass is 466 g/mol. The Morgan fingerprint density at radius 1 is 1.15 bits per heavy atom. The number of benzene rings is 1. The largest absolute Gasteiger partial charge is 0.461 e. The van der Waals surface area contributed by atoms with Crippen molar-refractivity contribution in [1.29, 1.82) is 0 Å². The number of fused-ring (bicyclic) bond motifs is 1. The maximum atomic E-state index is 13.9. The van der Waals surface area contributed by atoms with Crippen molar-refractivity contribution in [2.45, 2.75) is 83.8 Å². The van der Waals surface area contributed by atoms with Crippen LogP contribution in [0.4, 0.5) is 5.69 Å². The molecule has 8 heteroatoms. The average Bonchev–Trinajstić information content (AvgIpc) is 3.08. The number of aromatic nitrogens is 2. The molecule has 182 valence electrons. The number of aryl methyl sites for hydroxylation is 1. The van der Waals surface area contributed by atoms with Crippen molar-refractivity contribution in [1.82, 2.24) is 15.1 Å². The Hall–Kier alpha value is -3.16. The molecule has 1 aromatic carbocycles. The van der Waals surface area contributed by atoms with Crippen LogP contribution in [0, 0.1) is 0 Å². The minimum atomic E-state index is -1.21. The molecule has 2 heterocycles. The second-order valence-corrected chi connectivity index (χ2v) is 9.35. The van der Waals surface area contributed by atoms with Gasteiger partial charge in [0, 0.05) is 17.8 Å². The molecular weight excluding hydrogens is 432 g/mol. The van der Waals surface area contributed by atoms with Crippen LogP contribution in [-0.4, -0.2) is 45.8 Å². The normalized spacial score (nSPS) is 21.0. The van der Waals surface area contributed by atoms with Crippen molar-refractivity contribution >= 4 is 23.5 Å². The molecule has 34 heavy (non-hydrogen) atoms. The van der Waals surface area contributed by atoms with Crippen molar-refractivity contribution < 1.29 is 19.1 Å². The number of esters is 1. The predicted octanol–water partition coefficient (Wildman–Crippen LogP) is 3.88. The van der Waals surface area contributed by atoms with E-state index in [9.17, 15) is 14.4 Å². The summed E-state index contributed by atoms with van der Waals surface area (Å²) in [6.45, 7) is 5.89.